The van der Waals surface area contributed by atoms with Crippen molar-refractivity contribution in [3.8, 4) is 5.75 Å². The van der Waals surface area contributed by atoms with Gasteiger partial charge in [-0.2, -0.15) is 0 Å². The standard InChI is InChI=1S/C21H25N3O2S/c1-13-6-8-15(9-7-13)11-26-17-5-3-4-16(10-17)20-19-14(2)23-24-21(19)22-18(25)12-27-20/h3-10,14,19-21,23-24H,11-12H2,1-2H3,(H,22,25). The van der Waals surface area contributed by atoms with Crippen molar-refractivity contribution < 1.29 is 9.53 Å². The summed E-state index contributed by atoms with van der Waals surface area (Å²) in [6.07, 6.45) is -0.0513. The van der Waals surface area contributed by atoms with Crippen LogP contribution in [0.2, 0.25) is 0 Å². The monoisotopic (exact) mass is 383 g/mol. The SMILES string of the molecule is Cc1ccc(COc2cccc(C3SCC(=O)NC4NNC(C)C43)c2)cc1. The zero-order valence-electron chi connectivity index (χ0n) is 15.6. The van der Waals surface area contributed by atoms with E-state index >= 15 is 0 Å². The molecular weight excluding hydrogens is 358 g/mol. The van der Waals surface area contributed by atoms with Crippen LogP contribution in [0.3, 0.4) is 0 Å². The molecule has 142 valence electrons. The van der Waals surface area contributed by atoms with Crippen LogP contribution >= 0.6 is 11.8 Å². The summed E-state index contributed by atoms with van der Waals surface area (Å²) in [7, 11) is 0. The van der Waals surface area contributed by atoms with E-state index < -0.39 is 0 Å². The molecule has 2 aliphatic heterocycles. The molecule has 2 fully saturated rings. The number of fused-ring (bicyclic) bond motifs is 1. The van der Waals surface area contributed by atoms with E-state index in [1.165, 1.54) is 11.1 Å². The molecule has 0 aliphatic carbocycles. The number of benzene rings is 2. The molecule has 2 heterocycles. The van der Waals surface area contributed by atoms with Gasteiger partial charge in [-0.15, -0.1) is 11.8 Å². The number of nitrogens with one attached hydrogen (secondary N) is 3. The minimum absolute atomic E-state index is 0.0513. The van der Waals surface area contributed by atoms with Gasteiger partial charge in [0.2, 0.25) is 5.91 Å². The molecule has 0 radical (unpaired) electrons. The highest BCUT2D eigenvalue weighted by Crippen LogP contribution is 2.42. The second kappa shape index (κ2) is 7.92. The number of amides is 1. The zero-order valence-corrected chi connectivity index (χ0v) is 16.4. The van der Waals surface area contributed by atoms with E-state index in [0.717, 1.165) is 11.3 Å². The molecule has 0 bridgehead atoms. The van der Waals surface area contributed by atoms with Gasteiger partial charge in [-0.05, 0) is 37.1 Å². The number of hydrogen-bond acceptors (Lipinski definition) is 5. The van der Waals surface area contributed by atoms with Gasteiger partial charge in [0.15, 0.2) is 0 Å². The molecule has 0 saturated carbocycles. The molecule has 0 spiro atoms. The van der Waals surface area contributed by atoms with Crippen molar-refractivity contribution in [3.05, 3.63) is 65.2 Å². The Balaban J connectivity index is 1.52. The highest BCUT2D eigenvalue weighted by atomic mass is 32.2. The summed E-state index contributed by atoms with van der Waals surface area (Å²) in [6, 6.07) is 16.9. The fraction of sp³-hybridized carbons (Fsp3) is 0.381. The van der Waals surface area contributed by atoms with E-state index in [4.69, 9.17) is 4.74 Å². The predicted molar refractivity (Wildman–Crippen MR) is 108 cm³/mol. The third-order valence-electron chi connectivity index (χ3n) is 5.20. The largest absolute Gasteiger partial charge is 0.489 e. The number of carbonyl (C=O) groups excluding carboxylic acids is 1. The number of ether oxygens (including phenoxy) is 1. The minimum Gasteiger partial charge on any atom is -0.489 e. The number of carbonyl (C=O) groups is 1. The first-order chi connectivity index (χ1) is 13.1. The van der Waals surface area contributed by atoms with Gasteiger partial charge in [0.25, 0.3) is 0 Å². The molecule has 3 N–H and O–H groups in total. The first-order valence-corrected chi connectivity index (χ1v) is 10.4. The van der Waals surface area contributed by atoms with Crippen LogP contribution < -0.4 is 20.9 Å². The van der Waals surface area contributed by atoms with Crippen molar-refractivity contribution >= 4 is 17.7 Å². The van der Waals surface area contributed by atoms with Crippen molar-refractivity contribution in [1.82, 2.24) is 16.2 Å². The molecule has 2 aliphatic rings. The number of thioether (sulfide) groups is 1. The van der Waals surface area contributed by atoms with Crippen LogP contribution in [0.4, 0.5) is 0 Å². The molecule has 4 rings (SSSR count). The first kappa shape index (κ1) is 18.3. The topological polar surface area (TPSA) is 62.4 Å². The Kier molecular flexibility index (Phi) is 5.38. The maximum Gasteiger partial charge on any atom is 0.231 e. The Morgan fingerprint density at radius 3 is 2.78 bits per heavy atom. The van der Waals surface area contributed by atoms with Gasteiger partial charge in [-0.3, -0.25) is 10.2 Å². The highest BCUT2D eigenvalue weighted by Gasteiger charge is 2.42. The number of aryl methyl sites for hydroxylation is 1. The van der Waals surface area contributed by atoms with Gasteiger partial charge in [0.05, 0.1) is 11.9 Å². The maximum absolute atomic E-state index is 12.0. The van der Waals surface area contributed by atoms with Crippen LogP contribution in [-0.4, -0.2) is 23.9 Å². The van der Waals surface area contributed by atoms with E-state index in [2.05, 4.69) is 66.4 Å². The number of rotatable bonds is 4. The Morgan fingerprint density at radius 1 is 1.15 bits per heavy atom. The van der Waals surface area contributed by atoms with Gasteiger partial charge in [0, 0.05) is 17.2 Å². The molecule has 4 unspecified atom stereocenters. The molecule has 0 aromatic heterocycles. The Bertz CT molecular complexity index is 811. The lowest BCUT2D eigenvalue weighted by molar-refractivity contribution is -0.119. The summed E-state index contributed by atoms with van der Waals surface area (Å²) >= 11 is 1.70. The normalized spacial score (nSPS) is 27.6. The molecule has 2 aromatic rings. The molecule has 2 aromatic carbocycles. The summed E-state index contributed by atoms with van der Waals surface area (Å²) in [6.45, 7) is 4.78. The van der Waals surface area contributed by atoms with Crippen LogP contribution in [0.15, 0.2) is 48.5 Å². The maximum atomic E-state index is 12.0. The number of hydrogen-bond donors (Lipinski definition) is 3. The molecule has 4 atom stereocenters. The van der Waals surface area contributed by atoms with Crippen molar-refractivity contribution in [2.75, 3.05) is 5.75 Å². The molecule has 2 saturated heterocycles. The average Bonchev–Trinajstić information content (AvgIpc) is 2.93. The van der Waals surface area contributed by atoms with Crippen LogP contribution in [0.25, 0.3) is 0 Å². The lowest BCUT2D eigenvalue weighted by Gasteiger charge is -2.27. The fourth-order valence-electron chi connectivity index (χ4n) is 3.71. The predicted octanol–water partition coefficient (Wildman–Crippen LogP) is 2.92. The van der Waals surface area contributed by atoms with Gasteiger partial charge in [-0.25, -0.2) is 5.43 Å². The lowest BCUT2D eigenvalue weighted by Crippen LogP contribution is -2.46. The van der Waals surface area contributed by atoms with Crippen LogP contribution in [0, 0.1) is 12.8 Å². The Labute approximate surface area is 164 Å². The molecule has 6 heteroatoms. The Hall–Kier alpha value is -2.02. The van der Waals surface area contributed by atoms with Gasteiger partial charge < -0.3 is 10.1 Å². The van der Waals surface area contributed by atoms with E-state index in [0.29, 0.717) is 12.4 Å². The zero-order chi connectivity index (χ0) is 18.8. The second-order valence-electron chi connectivity index (χ2n) is 7.28. The minimum atomic E-state index is -0.0513. The van der Waals surface area contributed by atoms with Gasteiger partial charge in [0.1, 0.15) is 12.4 Å². The van der Waals surface area contributed by atoms with Crippen molar-refractivity contribution in [2.24, 2.45) is 5.92 Å². The third-order valence-corrected chi connectivity index (χ3v) is 6.58. The van der Waals surface area contributed by atoms with Crippen molar-refractivity contribution in [1.29, 1.82) is 0 Å². The van der Waals surface area contributed by atoms with E-state index in [1.54, 1.807) is 11.8 Å². The van der Waals surface area contributed by atoms with E-state index in [1.807, 2.05) is 12.1 Å². The average molecular weight is 384 g/mol. The second-order valence-corrected chi connectivity index (χ2v) is 8.41. The molecule has 5 nitrogen and oxygen atoms in total. The van der Waals surface area contributed by atoms with Crippen LogP contribution in [0.1, 0.15) is 28.9 Å². The first-order valence-electron chi connectivity index (χ1n) is 9.30. The molecular formula is C21H25N3O2S. The lowest BCUT2D eigenvalue weighted by atomic mass is 9.91. The van der Waals surface area contributed by atoms with E-state index in [9.17, 15) is 4.79 Å². The summed E-state index contributed by atoms with van der Waals surface area (Å²) < 4.78 is 6.03. The summed E-state index contributed by atoms with van der Waals surface area (Å²) in [5, 5.41) is 3.29. The Morgan fingerprint density at radius 2 is 1.96 bits per heavy atom. The van der Waals surface area contributed by atoms with Crippen molar-refractivity contribution in [2.45, 2.75) is 37.9 Å². The fourth-order valence-corrected chi connectivity index (χ4v) is 5.08. The molecule has 1 amide bonds. The summed E-state index contributed by atoms with van der Waals surface area (Å²) in [5.41, 5.74) is 10.1. The highest BCUT2D eigenvalue weighted by molar-refractivity contribution is 8.00. The van der Waals surface area contributed by atoms with E-state index in [-0.39, 0.29) is 29.3 Å². The quantitative estimate of drug-likeness (QED) is 0.758. The van der Waals surface area contributed by atoms with Gasteiger partial charge in [-0.1, -0.05) is 42.0 Å². The molecule has 27 heavy (non-hydrogen) atoms. The van der Waals surface area contributed by atoms with Crippen LogP contribution in [-0.2, 0) is 11.4 Å². The number of hydrazine groups is 1. The van der Waals surface area contributed by atoms with Gasteiger partial charge >= 0.3 is 0 Å². The summed E-state index contributed by atoms with van der Waals surface area (Å²) in [5.74, 6) is 1.68. The summed E-state index contributed by atoms with van der Waals surface area (Å²) in [4.78, 5) is 12.0. The smallest absolute Gasteiger partial charge is 0.231 e. The van der Waals surface area contributed by atoms with Crippen molar-refractivity contribution in [3.63, 3.8) is 0 Å². The van der Waals surface area contributed by atoms with Crippen LogP contribution in [0.5, 0.6) is 5.75 Å². The third kappa shape index (κ3) is 4.13.